The Morgan fingerprint density at radius 1 is 1.45 bits per heavy atom. The van der Waals surface area contributed by atoms with E-state index in [1.807, 2.05) is 0 Å². The number of hydrogen-bond donors (Lipinski definition) is 2. The Labute approximate surface area is 127 Å². The first-order chi connectivity index (χ1) is 9.40. The molecule has 9 heteroatoms. The molecule has 0 atom stereocenters. The molecule has 2 N–H and O–H groups in total. The molecule has 6 nitrogen and oxygen atoms in total. The van der Waals surface area contributed by atoms with Gasteiger partial charge in [0.2, 0.25) is 10.0 Å². The van der Waals surface area contributed by atoms with Crippen molar-refractivity contribution in [2.75, 3.05) is 0 Å². The molecular weight excluding hydrogens is 368 g/mol. The van der Waals surface area contributed by atoms with Crippen LogP contribution in [0.3, 0.4) is 0 Å². The summed E-state index contributed by atoms with van der Waals surface area (Å²) in [5, 5.41) is 10.6. The third-order valence-corrected chi connectivity index (χ3v) is 5.41. The number of aromatic carboxylic acids is 1. The van der Waals surface area contributed by atoms with E-state index in [2.05, 4.69) is 25.6 Å². The van der Waals surface area contributed by atoms with Gasteiger partial charge in [0.05, 0.1) is 28.2 Å². The summed E-state index contributed by atoms with van der Waals surface area (Å²) in [4.78, 5) is 14.8. The average molecular weight is 377 g/mol. The molecule has 1 aromatic carbocycles. The predicted molar refractivity (Wildman–Crippen MR) is 77.2 cm³/mol. The number of carboxylic acid groups (broad SMARTS) is 1. The molecule has 0 unspecified atom stereocenters. The van der Waals surface area contributed by atoms with Crippen molar-refractivity contribution < 1.29 is 18.3 Å². The molecule has 106 valence electrons. The first kappa shape index (κ1) is 15.1. The summed E-state index contributed by atoms with van der Waals surface area (Å²) < 4.78 is 26.8. The molecule has 0 radical (unpaired) electrons. The van der Waals surface area contributed by atoms with E-state index in [-0.39, 0.29) is 21.5 Å². The van der Waals surface area contributed by atoms with Crippen LogP contribution in [0.15, 0.2) is 38.5 Å². The van der Waals surface area contributed by atoms with Crippen LogP contribution in [0.2, 0.25) is 0 Å². The lowest BCUT2D eigenvalue weighted by Gasteiger charge is -2.08. The van der Waals surface area contributed by atoms with Gasteiger partial charge in [0.1, 0.15) is 0 Å². The molecule has 1 heterocycles. The number of carbonyl (C=O) groups is 1. The van der Waals surface area contributed by atoms with Crippen molar-refractivity contribution in [2.45, 2.75) is 11.4 Å². The number of rotatable bonds is 5. The second-order valence-electron chi connectivity index (χ2n) is 3.75. The predicted octanol–water partition coefficient (Wildman–Crippen LogP) is 2.08. The van der Waals surface area contributed by atoms with E-state index in [9.17, 15) is 13.2 Å². The highest BCUT2D eigenvalue weighted by Crippen LogP contribution is 2.23. The van der Waals surface area contributed by atoms with Gasteiger partial charge in [-0.05, 0) is 34.1 Å². The Balaban J connectivity index is 2.23. The first-order valence-corrected chi connectivity index (χ1v) is 8.51. The fourth-order valence-corrected chi connectivity index (χ4v) is 4.06. The van der Waals surface area contributed by atoms with Gasteiger partial charge in [-0.2, -0.15) is 0 Å². The standard InChI is InChI=1S/C11H9BrN2O4S2/c12-9-3-7(11(15)16)1-2-10(9)20(17,18)14-4-8-5-19-6-13-8/h1-3,5-6,14H,4H2,(H,15,16). The summed E-state index contributed by atoms with van der Waals surface area (Å²) in [6, 6.07) is 3.74. The summed E-state index contributed by atoms with van der Waals surface area (Å²) in [7, 11) is -3.73. The molecule has 0 spiro atoms. The summed E-state index contributed by atoms with van der Waals surface area (Å²) >= 11 is 4.45. The maximum atomic E-state index is 12.1. The minimum Gasteiger partial charge on any atom is -0.478 e. The van der Waals surface area contributed by atoms with E-state index < -0.39 is 16.0 Å². The van der Waals surface area contributed by atoms with E-state index in [4.69, 9.17) is 5.11 Å². The summed E-state index contributed by atoms with van der Waals surface area (Å²) in [6.07, 6.45) is 0. The van der Waals surface area contributed by atoms with Crippen LogP contribution in [0.25, 0.3) is 0 Å². The van der Waals surface area contributed by atoms with Gasteiger partial charge in [0.25, 0.3) is 0 Å². The molecule has 0 bridgehead atoms. The molecular formula is C11H9BrN2O4S2. The number of thiazole rings is 1. The van der Waals surface area contributed by atoms with Crippen molar-refractivity contribution in [1.29, 1.82) is 0 Å². The molecule has 0 saturated carbocycles. The highest BCUT2D eigenvalue weighted by Gasteiger charge is 2.19. The largest absolute Gasteiger partial charge is 0.478 e. The molecule has 0 fully saturated rings. The van der Waals surface area contributed by atoms with E-state index in [0.717, 1.165) is 0 Å². The molecule has 0 aliphatic rings. The van der Waals surface area contributed by atoms with E-state index in [1.54, 1.807) is 10.9 Å². The number of carboxylic acids is 1. The summed E-state index contributed by atoms with van der Waals surface area (Å²) in [6.45, 7) is 0.0823. The van der Waals surface area contributed by atoms with Crippen molar-refractivity contribution in [3.05, 3.63) is 44.8 Å². The fraction of sp³-hybridized carbons (Fsp3) is 0.0909. The second kappa shape index (κ2) is 6.00. The Hall–Kier alpha value is -1.29. The molecule has 20 heavy (non-hydrogen) atoms. The molecule has 0 aliphatic heterocycles. The van der Waals surface area contributed by atoms with Crippen LogP contribution in [-0.2, 0) is 16.6 Å². The van der Waals surface area contributed by atoms with E-state index in [0.29, 0.717) is 5.69 Å². The van der Waals surface area contributed by atoms with Crippen LogP contribution in [-0.4, -0.2) is 24.5 Å². The monoisotopic (exact) mass is 376 g/mol. The van der Waals surface area contributed by atoms with Crippen LogP contribution < -0.4 is 4.72 Å². The van der Waals surface area contributed by atoms with Gasteiger partial charge in [-0.15, -0.1) is 11.3 Å². The minimum absolute atomic E-state index is 0.00956. The number of nitrogens with one attached hydrogen (secondary N) is 1. The maximum Gasteiger partial charge on any atom is 0.335 e. The number of sulfonamides is 1. The summed E-state index contributed by atoms with van der Waals surface area (Å²) in [5.41, 5.74) is 2.24. The third-order valence-electron chi connectivity index (χ3n) is 2.40. The van der Waals surface area contributed by atoms with Gasteiger partial charge in [-0.25, -0.2) is 22.9 Å². The van der Waals surface area contributed by atoms with E-state index in [1.165, 1.54) is 29.5 Å². The topological polar surface area (TPSA) is 96.4 Å². The number of aromatic nitrogens is 1. The SMILES string of the molecule is O=C(O)c1ccc(S(=O)(=O)NCc2cscn2)c(Br)c1. The van der Waals surface area contributed by atoms with Gasteiger partial charge in [0, 0.05) is 9.85 Å². The summed E-state index contributed by atoms with van der Waals surface area (Å²) in [5.74, 6) is -1.12. The zero-order valence-electron chi connectivity index (χ0n) is 9.91. The third kappa shape index (κ3) is 3.42. The zero-order chi connectivity index (χ0) is 14.8. The zero-order valence-corrected chi connectivity index (χ0v) is 13.1. The first-order valence-electron chi connectivity index (χ1n) is 5.30. The van der Waals surface area contributed by atoms with Crippen molar-refractivity contribution in [1.82, 2.24) is 9.71 Å². The van der Waals surface area contributed by atoms with Gasteiger partial charge < -0.3 is 5.11 Å². The quantitative estimate of drug-likeness (QED) is 0.832. The average Bonchev–Trinajstić information content (AvgIpc) is 2.89. The van der Waals surface area contributed by atoms with Crippen LogP contribution in [0.1, 0.15) is 16.1 Å². The van der Waals surface area contributed by atoms with Crippen molar-refractivity contribution in [2.24, 2.45) is 0 Å². The normalized spacial score (nSPS) is 11.4. The minimum atomic E-state index is -3.73. The van der Waals surface area contributed by atoms with Crippen LogP contribution in [0.5, 0.6) is 0 Å². The van der Waals surface area contributed by atoms with Crippen molar-refractivity contribution in [3.8, 4) is 0 Å². The molecule has 2 aromatic rings. The van der Waals surface area contributed by atoms with Crippen molar-refractivity contribution >= 4 is 43.3 Å². The second-order valence-corrected chi connectivity index (χ2v) is 7.06. The van der Waals surface area contributed by atoms with Crippen LogP contribution in [0, 0.1) is 0 Å². The van der Waals surface area contributed by atoms with Gasteiger partial charge in [-0.3, -0.25) is 0 Å². The fourth-order valence-electron chi connectivity index (χ4n) is 1.42. The van der Waals surface area contributed by atoms with E-state index >= 15 is 0 Å². The smallest absolute Gasteiger partial charge is 0.335 e. The Kier molecular flexibility index (Phi) is 4.53. The Morgan fingerprint density at radius 3 is 2.75 bits per heavy atom. The van der Waals surface area contributed by atoms with Gasteiger partial charge >= 0.3 is 5.97 Å². The Bertz CT molecular complexity index is 729. The number of nitrogens with zero attached hydrogens (tertiary/aromatic N) is 1. The highest BCUT2D eigenvalue weighted by atomic mass is 79.9. The van der Waals surface area contributed by atoms with Crippen molar-refractivity contribution in [3.63, 3.8) is 0 Å². The molecule has 0 aliphatic carbocycles. The molecule has 1 aromatic heterocycles. The number of benzene rings is 1. The lowest BCUT2D eigenvalue weighted by atomic mass is 10.2. The maximum absolute atomic E-state index is 12.1. The van der Waals surface area contributed by atoms with Gasteiger partial charge in [0.15, 0.2) is 0 Å². The Morgan fingerprint density at radius 2 is 2.20 bits per heavy atom. The number of hydrogen-bond acceptors (Lipinski definition) is 5. The highest BCUT2D eigenvalue weighted by molar-refractivity contribution is 9.10. The molecule has 2 rings (SSSR count). The molecule has 0 saturated heterocycles. The van der Waals surface area contributed by atoms with Gasteiger partial charge in [-0.1, -0.05) is 0 Å². The van der Waals surface area contributed by atoms with Crippen LogP contribution >= 0.6 is 27.3 Å². The van der Waals surface area contributed by atoms with Crippen LogP contribution in [0.4, 0.5) is 0 Å². The number of halogens is 1. The lowest BCUT2D eigenvalue weighted by Crippen LogP contribution is -2.23. The molecule has 0 amide bonds. The lowest BCUT2D eigenvalue weighted by molar-refractivity contribution is 0.0696.